The van der Waals surface area contributed by atoms with E-state index in [1.807, 2.05) is 44.2 Å². The van der Waals surface area contributed by atoms with Crippen molar-refractivity contribution in [1.82, 2.24) is 19.6 Å². The summed E-state index contributed by atoms with van der Waals surface area (Å²) in [4.78, 5) is 20.7. The summed E-state index contributed by atoms with van der Waals surface area (Å²) >= 11 is 12.1. The number of carbonyl (C=O) groups excluding carboxylic acids is 1. The van der Waals surface area contributed by atoms with E-state index in [1.165, 1.54) is 28.8 Å². The number of aliphatic hydroxyl groups is 1. The summed E-state index contributed by atoms with van der Waals surface area (Å²) in [7, 11) is -2.50. The first-order valence-corrected chi connectivity index (χ1v) is 15.7. The number of halogens is 2. The van der Waals surface area contributed by atoms with E-state index in [4.69, 9.17) is 32.4 Å². The molecule has 0 bridgehead atoms. The number of benzene rings is 2. The largest absolute Gasteiger partial charge is 0.481 e. The molecule has 0 radical (unpaired) electrons. The predicted molar refractivity (Wildman–Crippen MR) is 165 cm³/mol. The van der Waals surface area contributed by atoms with Gasteiger partial charge in [-0.15, -0.1) is 0 Å². The van der Waals surface area contributed by atoms with Gasteiger partial charge in [-0.3, -0.25) is 9.78 Å². The molecule has 4 aromatic rings. The van der Waals surface area contributed by atoms with E-state index >= 15 is 0 Å². The van der Waals surface area contributed by atoms with Crippen molar-refractivity contribution >= 4 is 56.2 Å². The zero-order chi connectivity index (χ0) is 31.1. The highest BCUT2D eigenvalue weighted by Crippen LogP contribution is 2.31. The Morgan fingerprint density at radius 2 is 1.81 bits per heavy atom. The van der Waals surface area contributed by atoms with Crippen LogP contribution >= 0.6 is 23.2 Å². The van der Waals surface area contributed by atoms with Crippen LogP contribution < -0.4 is 15.4 Å². The molecule has 2 aromatic heterocycles. The van der Waals surface area contributed by atoms with Gasteiger partial charge in [0.05, 0.1) is 17.0 Å². The fourth-order valence-corrected chi connectivity index (χ4v) is 6.75. The summed E-state index contributed by atoms with van der Waals surface area (Å²) in [5.41, 5.74) is 1.62. The minimum Gasteiger partial charge on any atom is -0.481 e. The Kier molecular flexibility index (Phi) is 10.9. The van der Waals surface area contributed by atoms with Crippen molar-refractivity contribution in [3.8, 4) is 5.75 Å². The van der Waals surface area contributed by atoms with Crippen LogP contribution in [0.25, 0.3) is 11.1 Å². The molecule has 2 aromatic carbocycles. The minimum atomic E-state index is -4.15. The Bertz CT molecular complexity index is 1630. The summed E-state index contributed by atoms with van der Waals surface area (Å²) in [6.45, 7) is 3.22. The van der Waals surface area contributed by atoms with Crippen LogP contribution in [0, 0.1) is 5.92 Å². The highest BCUT2D eigenvalue weighted by atomic mass is 35.5. The second kappa shape index (κ2) is 14.4. The lowest BCUT2D eigenvalue weighted by Crippen LogP contribution is -2.53. The number of sulfonamides is 1. The molecule has 0 saturated heterocycles. The number of rotatable bonds is 14. The van der Waals surface area contributed by atoms with Gasteiger partial charge in [-0.05, 0) is 30.0 Å². The number of aromatic nitrogens is 2. The number of nitrogens with zero attached hydrogens (tertiary/aromatic N) is 3. The van der Waals surface area contributed by atoms with E-state index in [1.54, 1.807) is 13.1 Å². The van der Waals surface area contributed by atoms with Gasteiger partial charge in [-0.25, -0.2) is 8.42 Å². The predicted octanol–water partition coefficient (Wildman–Crippen LogP) is 4.39. The number of fused-ring (bicyclic) bond motifs is 1. The fourth-order valence-electron chi connectivity index (χ4n) is 4.45. The van der Waals surface area contributed by atoms with Gasteiger partial charge < -0.3 is 24.9 Å². The smallest absolute Gasteiger partial charge is 0.295 e. The van der Waals surface area contributed by atoms with Crippen LogP contribution in [0.3, 0.4) is 0 Å². The van der Waals surface area contributed by atoms with Gasteiger partial charge in [-0.2, -0.15) is 9.29 Å². The average Bonchev–Trinajstić information content (AvgIpc) is 3.40. The van der Waals surface area contributed by atoms with Crippen molar-refractivity contribution in [3.63, 3.8) is 0 Å². The number of aliphatic hydroxyl groups excluding tert-OH is 1. The van der Waals surface area contributed by atoms with Crippen LogP contribution in [-0.2, 0) is 21.2 Å². The molecule has 0 aliphatic rings. The highest BCUT2D eigenvalue weighted by Gasteiger charge is 2.37. The van der Waals surface area contributed by atoms with Crippen molar-refractivity contribution in [1.29, 1.82) is 0 Å². The molecule has 11 nitrogen and oxygen atoms in total. The summed E-state index contributed by atoms with van der Waals surface area (Å²) in [5, 5.41) is 17.2. The van der Waals surface area contributed by atoms with Crippen molar-refractivity contribution in [3.05, 3.63) is 76.5 Å². The van der Waals surface area contributed by atoms with Crippen molar-refractivity contribution < 1.29 is 27.5 Å². The minimum absolute atomic E-state index is 0.00624. The van der Waals surface area contributed by atoms with Gasteiger partial charge in [-0.1, -0.05) is 67.4 Å². The number of oxazole rings is 1. The molecule has 4 rings (SSSR count). The van der Waals surface area contributed by atoms with Crippen molar-refractivity contribution in [2.45, 2.75) is 37.3 Å². The van der Waals surface area contributed by atoms with Crippen LogP contribution in [0.2, 0.25) is 10.0 Å². The molecular weight excluding hydrogens is 617 g/mol. The zero-order valence-electron chi connectivity index (χ0n) is 23.8. The summed E-state index contributed by atoms with van der Waals surface area (Å²) in [5.74, 6) is -0.533. The lowest BCUT2D eigenvalue weighted by molar-refractivity contribution is -0.123. The molecule has 14 heteroatoms. The number of hydrogen-bond acceptors (Lipinski definition) is 9. The van der Waals surface area contributed by atoms with Gasteiger partial charge in [0.1, 0.15) is 15.6 Å². The van der Waals surface area contributed by atoms with E-state index in [2.05, 4.69) is 20.6 Å². The van der Waals surface area contributed by atoms with Crippen LogP contribution in [0.5, 0.6) is 5.75 Å². The SMILES string of the molecule is CNc1nc2ccc(S(=O)(=O)N(CC(C)C)C(Cc3ccccc3)C(O)CNC(=O)COc3c(Cl)cncc3Cl)cc2o1. The van der Waals surface area contributed by atoms with E-state index in [0.717, 1.165) is 5.56 Å². The zero-order valence-corrected chi connectivity index (χ0v) is 26.2. The highest BCUT2D eigenvalue weighted by molar-refractivity contribution is 7.89. The number of amides is 1. The molecule has 2 atom stereocenters. The lowest BCUT2D eigenvalue weighted by atomic mass is 10.00. The maximum atomic E-state index is 14.2. The van der Waals surface area contributed by atoms with Crippen LogP contribution in [-0.4, -0.2) is 72.6 Å². The number of ether oxygens (including phenoxy) is 1. The van der Waals surface area contributed by atoms with Gasteiger partial charge in [0.25, 0.3) is 11.9 Å². The molecule has 0 aliphatic carbocycles. The Morgan fingerprint density at radius 1 is 1.12 bits per heavy atom. The Labute approximate surface area is 260 Å². The number of anilines is 1. The summed E-state index contributed by atoms with van der Waals surface area (Å²) in [6, 6.07) is 13.0. The molecule has 0 spiro atoms. The number of nitrogens with one attached hydrogen (secondary N) is 2. The summed E-state index contributed by atoms with van der Waals surface area (Å²) < 4.78 is 40.7. The van der Waals surface area contributed by atoms with E-state index < -0.39 is 34.7 Å². The van der Waals surface area contributed by atoms with E-state index in [9.17, 15) is 18.3 Å². The molecular formula is C29H33Cl2N5O6S. The van der Waals surface area contributed by atoms with Gasteiger partial charge >= 0.3 is 0 Å². The van der Waals surface area contributed by atoms with Crippen LogP contribution in [0.15, 0.2) is 70.2 Å². The number of pyridine rings is 1. The maximum absolute atomic E-state index is 14.2. The number of hydrogen-bond donors (Lipinski definition) is 3. The third kappa shape index (κ3) is 8.15. The lowest BCUT2D eigenvalue weighted by Gasteiger charge is -2.35. The standard InChI is InChI=1S/C29H33Cl2N5O6S/c1-18(2)16-36(43(39,40)20-9-10-23-26(12-20)42-29(32-3)35-23)24(11-19-7-5-4-6-8-19)25(37)15-34-27(38)17-41-28-21(30)13-33-14-22(28)31/h4-10,12-14,18,24-25,37H,11,15-17H2,1-3H3,(H,32,35)(H,34,38). The Morgan fingerprint density at radius 3 is 2.47 bits per heavy atom. The average molecular weight is 651 g/mol. The third-order valence-electron chi connectivity index (χ3n) is 6.49. The van der Waals surface area contributed by atoms with Crippen molar-refractivity contribution in [2.75, 3.05) is 32.1 Å². The molecule has 0 fully saturated rings. The Hall–Kier alpha value is -3.42. The van der Waals surface area contributed by atoms with Crippen LogP contribution in [0.4, 0.5) is 6.01 Å². The molecule has 43 heavy (non-hydrogen) atoms. The fraction of sp³-hybridized carbons (Fsp3) is 0.345. The molecule has 0 aliphatic heterocycles. The summed E-state index contributed by atoms with van der Waals surface area (Å²) in [6.07, 6.45) is 1.58. The molecule has 2 unspecified atom stereocenters. The molecule has 3 N–H and O–H groups in total. The third-order valence-corrected chi connectivity index (χ3v) is 8.92. The van der Waals surface area contributed by atoms with Gasteiger partial charge in [0, 0.05) is 38.6 Å². The first-order chi connectivity index (χ1) is 20.5. The molecule has 2 heterocycles. The van der Waals surface area contributed by atoms with E-state index in [-0.39, 0.29) is 52.1 Å². The molecule has 1 amide bonds. The topological polar surface area (TPSA) is 147 Å². The van der Waals surface area contributed by atoms with Crippen LogP contribution in [0.1, 0.15) is 19.4 Å². The Balaban J connectivity index is 1.59. The second-order valence-electron chi connectivity index (χ2n) is 10.2. The normalized spacial score (nSPS) is 13.3. The monoisotopic (exact) mass is 649 g/mol. The van der Waals surface area contributed by atoms with E-state index in [0.29, 0.717) is 11.1 Å². The maximum Gasteiger partial charge on any atom is 0.295 e. The first-order valence-electron chi connectivity index (χ1n) is 13.5. The molecule has 0 saturated carbocycles. The van der Waals surface area contributed by atoms with Gasteiger partial charge in [0.15, 0.2) is 17.9 Å². The number of carbonyl (C=O) groups is 1. The molecule has 230 valence electrons. The quantitative estimate of drug-likeness (QED) is 0.181. The van der Waals surface area contributed by atoms with Gasteiger partial charge in [0.2, 0.25) is 10.0 Å². The van der Waals surface area contributed by atoms with Crippen molar-refractivity contribution in [2.24, 2.45) is 5.92 Å². The second-order valence-corrected chi connectivity index (χ2v) is 12.9. The first kappa shape index (κ1) is 32.5.